The molecule has 0 aromatic heterocycles. The van der Waals surface area contributed by atoms with Gasteiger partial charge in [0, 0.05) is 13.1 Å². The zero-order chi connectivity index (χ0) is 14.7. The lowest BCUT2D eigenvalue weighted by atomic mass is 9.74. The van der Waals surface area contributed by atoms with Crippen LogP contribution in [-0.4, -0.2) is 37.5 Å². The van der Waals surface area contributed by atoms with Gasteiger partial charge in [-0.15, -0.1) is 12.1 Å². The van der Waals surface area contributed by atoms with Crippen LogP contribution >= 0.6 is 0 Å². The summed E-state index contributed by atoms with van der Waals surface area (Å²) in [6.07, 6.45) is 4.20. The second kappa shape index (κ2) is 6.02. The molecule has 0 aromatic carbocycles. The Hall–Kier alpha value is -0.925. The number of hydrogen-bond donors (Lipinski definition) is 0. The van der Waals surface area contributed by atoms with E-state index in [4.69, 9.17) is 4.74 Å². The van der Waals surface area contributed by atoms with Gasteiger partial charge in [0.2, 0.25) is 0 Å². The summed E-state index contributed by atoms with van der Waals surface area (Å²) in [6.45, 7) is 13.6. The van der Waals surface area contributed by atoms with Crippen LogP contribution in [0.5, 0.6) is 0 Å². The Balaban J connectivity index is 2.44. The Morgan fingerprint density at radius 1 is 1.37 bits per heavy atom. The van der Waals surface area contributed by atoms with E-state index in [0.717, 1.165) is 32.4 Å². The topological polar surface area (TPSA) is 29.5 Å². The molecule has 0 N–H and O–H groups in total. The van der Waals surface area contributed by atoms with Crippen LogP contribution in [0, 0.1) is 5.41 Å². The third kappa shape index (κ3) is 5.71. The maximum atomic E-state index is 12.0. The zero-order valence-corrected chi connectivity index (χ0v) is 13.2. The van der Waals surface area contributed by atoms with Crippen molar-refractivity contribution in [3.05, 3.63) is 12.1 Å². The van der Waals surface area contributed by atoms with Crippen LogP contribution in [0.1, 0.15) is 53.4 Å². The molecule has 1 aliphatic rings. The van der Waals surface area contributed by atoms with Crippen LogP contribution in [0.3, 0.4) is 0 Å². The minimum Gasteiger partial charge on any atom is -0.444 e. The van der Waals surface area contributed by atoms with E-state index in [1.54, 1.807) is 0 Å². The van der Waals surface area contributed by atoms with Crippen LogP contribution in [0.2, 0.25) is 0 Å². The van der Waals surface area contributed by atoms with Crippen molar-refractivity contribution < 1.29 is 9.53 Å². The Morgan fingerprint density at radius 2 is 1.89 bits per heavy atom. The summed E-state index contributed by atoms with van der Waals surface area (Å²) >= 11 is 0. The van der Waals surface area contributed by atoms with E-state index in [1.165, 1.54) is 11.9 Å². The number of hydrogen-bond acceptors (Lipinski definition) is 2. The summed E-state index contributed by atoms with van der Waals surface area (Å²) in [7, 11) is 2.08. The molecule has 19 heavy (non-hydrogen) atoms. The van der Waals surface area contributed by atoms with Crippen molar-refractivity contribution in [2.45, 2.75) is 59.0 Å². The van der Waals surface area contributed by atoms with E-state index in [-0.39, 0.29) is 6.09 Å². The highest BCUT2D eigenvalue weighted by Crippen LogP contribution is 2.36. The molecule has 1 heterocycles. The van der Waals surface area contributed by atoms with E-state index in [9.17, 15) is 4.79 Å². The van der Waals surface area contributed by atoms with Crippen molar-refractivity contribution in [1.29, 1.82) is 0 Å². The van der Waals surface area contributed by atoms with Gasteiger partial charge in [0.15, 0.2) is 0 Å². The summed E-state index contributed by atoms with van der Waals surface area (Å²) in [4.78, 5) is 13.8. The van der Waals surface area contributed by atoms with Crippen molar-refractivity contribution in [2.75, 3.05) is 13.1 Å². The van der Waals surface area contributed by atoms with E-state index >= 15 is 0 Å². The van der Waals surface area contributed by atoms with Crippen molar-refractivity contribution in [2.24, 2.45) is 5.41 Å². The monoisotopic (exact) mass is 265 g/mol. The van der Waals surface area contributed by atoms with Gasteiger partial charge in [0.25, 0.3) is 0 Å². The second-order valence-corrected chi connectivity index (χ2v) is 7.24. The average Bonchev–Trinajstić information content (AvgIpc) is 2.25. The fraction of sp³-hybridized carbons (Fsp3) is 0.800. The molecule has 4 heteroatoms. The third-order valence-corrected chi connectivity index (χ3v) is 3.78. The number of carbonyl (C=O) groups excluding carboxylic acids is 1. The van der Waals surface area contributed by atoms with E-state index in [1.807, 2.05) is 25.7 Å². The van der Waals surface area contributed by atoms with Gasteiger partial charge < -0.3 is 9.64 Å². The largest absolute Gasteiger partial charge is 0.444 e. The first kappa shape index (κ1) is 16.1. The van der Waals surface area contributed by atoms with Crippen molar-refractivity contribution in [1.82, 2.24) is 4.90 Å². The summed E-state index contributed by atoms with van der Waals surface area (Å²) in [5.74, 6) is 0. The van der Waals surface area contributed by atoms with Gasteiger partial charge in [-0.3, -0.25) is 0 Å². The van der Waals surface area contributed by atoms with Gasteiger partial charge in [-0.1, -0.05) is 6.92 Å². The fourth-order valence-corrected chi connectivity index (χ4v) is 2.32. The van der Waals surface area contributed by atoms with Crippen LogP contribution in [0.4, 0.5) is 4.79 Å². The van der Waals surface area contributed by atoms with E-state index in [0.29, 0.717) is 5.41 Å². The van der Waals surface area contributed by atoms with Crippen LogP contribution < -0.4 is 0 Å². The molecule has 1 fully saturated rings. The lowest BCUT2D eigenvalue weighted by molar-refractivity contribution is 0.0111. The average molecular weight is 265 g/mol. The predicted molar refractivity (Wildman–Crippen MR) is 82.1 cm³/mol. The predicted octanol–water partition coefficient (Wildman–Crippen LogP) is 2.95. The number of rotatable bonds is 3. The molecule has 0 unspecified atom stereocenters. The fourth-order valence-electron chi connectivity index (χ4n) is 2.32. The number of nitrogens with zero attached hydrogens (tertiary/aromatic N) is 1. The van der Waals surface area contributed by atoms with Crippen molar-refractivity contribution >= 4 is 13.9 Å². The first-order chi connectivity index (χ1) is 8.61. The highest BCUT2D eigenvalue weighted by atomic mass is 16.6. The molecule has 0 radical (unpaired) electrons. The molecule has 1 amide bonds. The molecule has 3 nitrogen and oxygen atoms in total. The number of carbonyl (C=O) groups is 1. The van der Waals surface area contributed by atoms with Gasteiger partial charge in [-0.25, -0.2) is 4.79 Å². The second-order valence-electron chi connectivity index (χ2n) is 7.24. The normalized spacial score (nSPS) is 19.1. The number of amides is 1. The minimum absolute atomic E-state index is 0.172. The van der Waals surface area contributed by atoms with Gasteiger partial charge >= 0.3 is 6.09 Å². The summed E-state index contributed by atoms with van der Waals surface area (Å²) in [5.41, 5.74) is 1.19. The Kier molecular flexibility index (Phi) is 5.11. The molecular formula is C15H28BNO2. The number of likely N-dealkylation sites (tertiary alicyclic amines) is 1. The lowest BCUT2D eigenvalue weighted by Crippen LogP contribution is -2.44. The maximum absolute atomic E-state index is 12.0. The summed E-state index contributed by atoms with van der Waals surface area (Å²) < 4.78 is 5.42. The van der Waals surface area contributed by atoms with Crippen LogP contribution in [0.15, 0.2) is 12.1 Å². The molecule has 1 saturated heterocycles. The van der Waals surface area contributed by atoms with Crippen molar-refractivity contribution in [3.63, 3.8) is 0 Å². The SMILES string of the molecule is BC(=C)CCC1(C)CCN(C(=O)OC(C)(C)C)CC1. The Bertz CT molecular complexity index is 339. The molecule has 0 atom stereocenters. The highest BCUT2D eigenvalue weighted by Gasteiger charge is 2.33. The van der Waals surface area contributed by atoms with Gasteiger partial charge in [-0.05, 0) is 51.9 Å². The first-order valence-corrected chi connectivity index (χ1v) is 7.24. The molecule has 0 saturated carbocycles. The maximum Gasteiger partial charge on any atom is 0.410 e. The molecule has 108 valence electrons. The smallest absolute Gasteiger partial charge is 0.410 e. The van der Waals surface area contributed by atoms with Crippen LogP contribution in [0.25, 0.3) is 0 Å². The molecule has 0 aliphatic carbocycles. The molecule has 0 bridgehead atoms. The number of allylic oxidation sites excluding steroid dienone is 1. The van der Waals surface area contributed by atoms with E-state index in [2.05, 4.69) is 21.3 Å². The minimum atomic E-state index is -0.405. The molecule has 0 aromatic rings. The number of piperidine rings is 1. The molecule has 1 aliphatic heterocycles. The molecular weight excluding hydrogens is 237 g/mol. The number of ether oxygens (including phenoxy) is 1. The molecule has 0 spiro atoms. The summed E-state index contributed by atoms with van der Waals surface area (Å²) in [6, 6.07) is 0. The highest BCUT2D eigenvalue weighted by molar-refractivity contribution is 6.21. The van der Waals surface area contributed by atoms with Crippen molar-refractivity contribution in [3.8, 4) is 0 Å². The van der Waals surface area contributed by atoms with Gasteiger partial charge in [-0.2, -0.15) is 0 Å². The van der Waals surface area contributed by atoms with Gasteiger partial charge in [0.05, 0.1) is 0 Å². The van der Waals surface area contributed by atoms with Crippen LogP contribution in [-0.2, 0) is 4.74 Å². The van der Waals surface area contributed by atoms with Gasteiger partial charge in [0.1, 0.15) is 13.4 Å². The zero-order valence-electron chi connectivity index (χ0n) is 13.2. The lowest BCUT2D eigenvalue weighted by Gasteiger charge is -2.40. The first-order valence-electron chi connectivity index (χ1n) is 7.24. The Labute approximate surface area is 118 Å². The van der Waals surface area contributed by atoms with E-state index < -0.39 is 5.60 Å². The third-order valence-electron chi connectivity index (χ3n) is 3.78. The molecule has 1 rings (SSSR count). The quantitative estimate of drug-likeness (QED) is 0.734. The summed E-state index contributed by atoms with van der Waals surface area (Å²) in [5, 5.41) is 0. The standard InChI is InChI=1S/C15H28BNO2/c1-12(16)6-7-15(5)8-10-17(11-9-15)13(18)19-14(2,3)4/h1,6-11,16H2,2-5H3. The Morgan fingerprint density at radius 3 is 2.32 bits per heavy atom.